The molecule has 188 valence electrons. The summed E-state index contributed by atoms with van der Waals surface area (Å²) >= 11 is 0. The number of carbonyl (C=O) groups excluding carboxylic acids is 1. The summed E-state index contributed by atoms with van der Waals surface area (Å²) in [6.07, 6.45) is 0.369. The van der Waals surface area contributed by atoms with Crippen molar-refractivity contribution in [2.75, 3.05) is 26.2 Å². The van der Waals surface area contributed by atoms with Crippen LogP contribution in [0, 0.1) is 5.41 Å². The number of fused-ring (bicyclic) bond motifs is 1. The van der Waals surface area contributed by atoms with Crippen LogP contribution in [0.5, 0.6) is 0 Å². The van der Waals surface area contributed by atoms with Crippen molar-refractivity contribution in [3.63, 3.8) is 0 Å². The second-order valence-corrected chi connectivity index (χ2v) is 9.08. The van der Waals surface area contributed by atoms with Gasteiger partial charge in [0.2, 0.25) is 5.91 Å². The minimum absolute atomic E-state index is 0. The summed E-state index contributed by atoms with van der Waals surface area (Å²) in [5, 5.41) is 10.8. The van der Waals surface area contributed by atoms with Gasteiger partial charge in [0.15, 0.2) is 0 Å². The number of piperazine rings is 1. The molecule has 3 aromatic rings. The van der Waals surface area contributed by atoms with Crippen LogP contribution in [0.15, 0.2) is 47.3 Å². The van der Waals surface area contributed by atoms with Gasteiger partial charge in [-0.3, -0.25) is 15.0 Å². The molecular formula is C25H32Cl2N6O2. The summed E-state index contributed by atoms with van der Waals surface area (Å²) in [6, 6.07) is 13.0. The first-order valence-electron chi connectivity index (χ1n) is 11.1. The SMILES string of the molecule is Cl.Cl.Cn1c(=O)c(Cc2ccc(C(=N)N)cc2)nc2cc(C(C)(C)C(=O)N3CCNCC3)ccc21. The summed E-state index contributed by atoms with van der Waals surface area (Å²) < 4.78 is 1.61. The molecule has 2 heterocycles. The smallest absolute Gasteiger partial charge is 0.272 e. The van der Waals surface area contributed by atoms with Crippen LogP contribution in [0.3, 0.4) is 0 Å². The Balaban J connectivity index is 0.00000216. The van der Waals surface area contributed by atoms with Gasteiger partial charge in [0, 0.05) is 45.2 Å². The number of nitrogens with two attached hydrogens (primary N) is 1. The van der Waals surface area contributed by atoms with Gasteiger partial charge in [-0.1, -0.05) is 30.3 Å². The molecule has 0 bridgehead atoms. The minimum atomic E-state index is -0.704. The van der Waals surface area contributed by atoms with Crippen molar-refractivity contribution in [1.29, 1.82) is 5.41 Å². The van der Waals surface area contributed by atoms with Gasteiger partial charge in [-0.2, -0.15) is 0 Å². The zero-order chi connectivity index (χ0) is 23.8. The maximum Gasteiger partial charge on any atom is 0.272 e. The molecule has 4 N–H and O–H groups in total. The average molecular weight is 519 g/mol. The van der Waals surface area contributed by atoms with Crippen LogP contribution in [0.25, 0.3) is 11.0 Å². The Hall–Kier alpha value is -2.94. The third-order valence-corrected chi connectivity index (χ3v) is 6.44. The standard InChI is InChI=1S/C25H30N6O2.2ClH/c1-25(2,24(33)31-12-10-28-11-13-31)18-8-9-21-19(15-18)29-20(23(32)30(21)3)14-16-4-6-17(7-5-16)22(26)27;;/h4-9,15,28H,10-14H2,1-3H3,(H3,26,27);2*1H. The van der Waals surface area contributed by atoms with Crippen molar-refractivity contribution < 1.29 is 4.79 Å². The van der Waals surface area contributed by atoms with Crippen LogP contribution in [0.1, 0.15) is 36.2 Å². The van der Waals surface area contributed by atoms with Gasteiger partial charge in [0.1, 0.15) is 11.5 Å². The molecular weight excluding hydrogens is 487 g/mol. The number of hydrogen-bond acceptors (Lipinski definition) is 5. The molecule has 1 saturated heterocycles. The predicted molar refractivity (Wildman–Crippen MR) is 144 cm³/mol. The molecule has 35 heavy (non-hydrogen) atoms. The number of amides is 1. The molecule has 8 nitrogen and oxygen atoms in total. The molecule has 10 heteroatoms. The number of nitrogens with one attached hydrogen (secondary N) is 2. The van der Waals surface area contributed by atoms with Crippen LogP contribution in [-0.2, 0) is 23.7 Å². The van der Waals surface area contributed by atoms with Gasteiger partial charge < -0.3 is 20.5 Å². The van der Waals surface area contributed by atoms with E-state index in [1.54, 1.807) is 23.7 Å². The van der Waals surface area contributed by atoms with Gasteiger partial charge >= 0.3 is 0 Å². The number of amidine groups is 1. The van der Waals surface area contributed by atoms with Gasteiger partial charge in [-0.05, 0) is 37.1 Å². The molecule has 0 aliphatic carbocycles. The molecule has 1 aliphatic heterocycles. The van der Waals surface area contributed by atoms with E-state index in [0.717, 1.165) is 29.7 Å². The number of halogens is 2. The fraction of sp³-hybridized carbons (Fsp3) is 0.360. The van der Waals surface area contributed by atoms with Gasteiger partial charge in [-0.15, -0.1) is 24.8 Å². The maximum absolute atomic E-state index is 13.3. The van der Waals surface area contributed by atoms with Gasteiger partial charge in [0.05, 0.1) is 16.4 Å². The lowest BCUT2D eigenvalue weighted by Gasteiger charge is -2.35. The van der Waals surface area contributed by atoms with Crippen LogP contribution >= 0.6 is 24.8 Å². The van der Waals surface area contributed by atoms with E-state index >= 15 is 0 Å². The lowest BCUT2D eigenvalue weighted by molar-refractivity contribution is -0.136. The highest BCUT2D eigenvalue weighted by atomic mass is 35.5. The van der Waals surface area contributed by atoms with Crippen molar-refractivity contribution >= 4 is 47.6 Å². The molecule has 1 amide bonds. The molecule has 0 unspecified atom stereocenters. The first kappa shape index (κ1) is 28.3. The van der Waals surface area contributed by atoms with Crippen LogP contribution in [0.4, 0.5) is 0 Å². The number of nitrogen functional groups attached to an aromatic ring is 1. The molecule has 0 atom stereocenters. The first-order valence-corrected chi connectivity index (χ1v) is 11.1. The largest absolute Gasteiger partial charge is 0.384 e. The van der Waals surface area contributed by atoms with E-state index in [9.17, 15) is 9.59 Å². The molecule has 0 spiro atoms. The average Bonchev–Trinajstić information content (AvgIpc) is 2.82. The van der Waals surface area contributed by atoms with E-state index in [4.69, 9.17) is 16.1 Å². The highest BCUT2D eigenvalue weighted by Crippen LogP contribution is 2.28. The Kier molecular flexibility index (Phi) is 9.06. The lowest BCUT2D eigenvalue weighted by Crippen LogP contribution is -2.51. The van der Waals surface area contributed by atoms with Crippen LogP contribution in [0.2, 0.25) is 0 Å². The van der Waals surface area contributed by atoms with Crippen molar-refractivity contribution in [2.45, 2.75) is 25.7 Å². The van der Waals surface area contributed by atoms with Gasteiger partial charge in [0.25, 0.3) is 5.56 Å². The topological polar surface area (TPSA) is 117 Å². The summed E-state index contributed by atoms with van der Waals surface area (Å²) in [7, 11) is 1.74. The second-order valence-electron chi connectivity index (χ2n) is 9.08. The van der Waals surface area contributed by atoms with Gasteiger partial charge in [-0.25, -0.2) is 4.98 Å². The summed E-state index contributed by atoms with van der Waals surface area (Å²) in [5.41, 5.74) is 8.95. The van der Waals surface area contributed by atoms with E-state index in [-0.39, 0.29) is 42.1 Å². The fourth-order valence-electron chi connectivity index (χ4n) is 4.28. The second kappa shape index (κ2) is 11.2. The van der Waals surface area contributed by atoms with E-state index in [1.165, 1.54) is 0 Å². The molecule has 1 aromatic heterocycles. The molecule has 2 aromatic carbocycles. The number of benzene rings is 2. The predicted octanol–water partition coefficient (Wildman–Crippen LogP) is 2.36. The molecule has 1 aliphatic rings. The Bertz CT molecular complexity index is 1280. The number of aromatic nitrogens is 2. The Morgan fingerprint density at radius 3 is 2.34 bits per heavy atom. The molecule has 0 saturated carbocycles. The van der Waals surface area contributed by atoms with Crippen LogP contribution < -0.4 is 16.6 Å². The van der Waals surface area contributed by atoms with Crippen molar-refractivity contribution in [3.05, 3.63) is 75.2 Å². The van der Waals surface area contributed by atoms with E-state index in [1.807, 2.05) is 49.1 Å². The van der Waals surface area contributed by atoms with Crippen molar-refractivity contribution in [1.82, 2.24) is 19.8 Å². The highest BCUT2D eigenvalue weighted by Gasteiger charge is 2.34. The van der Waals surface area contributed by atoms with Crippen LogP contribution in [-0.4, -0.2) is 52.4 Å². The quantitative estimate of drug-likeness (QED) is 0.354. The Morgan fingerprint density at radius 2 is 1.74 bits per heavy atom. The van der Waals surface area contributed by atoms with E-state index in [2.05, 4.69) is 5.32 Å². The summed E-state index contributed by atoms with van der Waals surface area (Å²) in [4.78, 5) is 32.8. The van der Waals surface area contributed by atoms with E-state index in [0.29, 0.717) is 36.3 Å². The summed E-state index contributed by atoms with van der Waals surface area (Å²) in [6.45, 7) is 6.90. The third kappa shape index (κ3) is 5.66. The molecule has 1 fully saturated rings. The van der Waals surface area contributed by atoms with Crippen molar-refractivity contribution in [3.8, 4) is 0 Å². The monoisotopic (exact) mass is 518 g/mol. The zero-order valence-corrected chi connectivity index (χ0v) is 21.8. The number of carbonyl (C=O) groups is 1. The first-order chi connectivity index (χ1) is 15.7. The maximum atomic E-state index is 13.3. The van der Waals surface area contributed by atoms with Crippen molar-refractivity contribution in [2.24, 2.45) is 12.8 Å². The number of aryl methyl sites for hydroxylation is 1. The summed E-state index contributed by atoms with van der Waals surface area (Å²) in [5.74, 6) is 0.103. The zero-order valence-electron chi connectivity index (χ0n) is 20.1. The highest BCUT2D eigenvalue weighted by molar-refractivity contribution is 5.94. The lowest BCUT2D eigenvalue weighted by atomic mass is 9.82. The third-order valence-electron chi connectivity index (χ3n) is 6.44. The number of nitrogens with zero attached hydrogens (tertiary/aromatic N) is 3. The normalized spacial score (nSPS) is 13.6. The number of rotatable bonds is 5. The molecule has 4 rings (SSSR count). The number of hydrogen-bond donors (Lipinski definition) is 3. The Labute approximate surface area is 217 Å². The Morgan fingerprint density at radius 1 is 1.11 bits per heavy atom. The minimum Gasteiger partial charge on any atom is -0.384 e. The van der Waals surface area contributed by atoms with E-state index < -0.39 is 5.41 Å². The fourth-order valence-corrected chi connectivity index (χ4v) is 4.28. The molecule has 0 radical (unpaired) electrons.